The molecule has 2 aromatic heterocycles. The van der Waals surface area contributed by atoms with Crippen LogP contribution in [0.25, 0.3) is 0 Å². The van der Waals surface area contributed by atoms with Crippen LogP contribution in [0.2, 0.25) is 0 Å². The van der Waals surface area contributed by atoms with Gasteiger partial charge in [-0.25, -0.2) is 18.2 Å². The first-order chi connectivity index (χ1) is 16.6. The summed E-state index contributed by atoms with van der Waals surface area (Å²) in [6, 6.07) is 11.6. The molecular formula is C24H23N3O7S. The van der Waals surface area contributed by atoms with Crippen molar-refractivity contribution in [2.75, 3.05) is 5.32 Å². The van der Waals surface area contributed by atoms with Crippen LogP contribution in [0.1, 0.15) is 47.4 Å². The van der Waals surface area contributed by atoms with Crippen molar-refractivity contribution in [1.29, 1.82) is 0 Å². The van der Waals surface area contributed by atoms with E-state index in [1.165, 1.54) is 48.5 Å². The monoisotopic (exact) mass is 497 g/mol. The molecular weight excluding hydrogens is 474 g/mol. The first kappa shape index (κ1) is 24.1. The molecule has 0 atom stereocenters. The predicted octanol–water partition coefficient (Wildman–Crippen LogP) is 3.94. The molecule has 1 amide bonds. The second-order valence-corrected chi connectivity index (χ2v) is 10.4. The van der Waals surface area contributed by atoms with Gasteiger partial charge in [0.1, 0.15) is 11.6 Å². The third-order valence-corrected chi connectivity index (χ3v) is 7.27. The third kappa shape index (κ3) is 5.93. The lowest BCUT2D eigenvalue weighted by Gasteiger charge is -2.13. The van der Waals surface area contributed by atoms with Gasteiger partial charge < -0.3 is 19.9 Å². The fourth-order valence-electron chi connectivity index (χ4n) is 3.14. The molecule has 0 unspecified atom stereocenters. The van der Waals surface area contributed by atoms with Crippen LogP contribution in [0.15, 0.2) is 59.6 Å². The molecule has 3 aromatic rings. The van der Waals surface area contributed by atoms with Crippen molar-refractivity contribution in [3.8, 4) is 17.5 Å². The minimum Gasteiger partial charge on any atom is -0.478 e. The molecule has 0 aliphatic heterocycles. The Kier molecular flexibility index (Phi) is 6.70. The van der Waals surface area contributed by atoms with E-state index in [2.05, 4.69) is 15.3 Å². The number of aromatic carboxylic acids is 1. The van der Waals surface area contributed by atoms with E-state index in [1.807, 2.05) is 13.8 Å². The second-order valence-electron chi connectivity index (χ2n) is 8.21. The zero-order valence-corrected chi connectivity index (χ0v) is 19.8. The van der Waals surface area contributed by atoms with Gasteiger partial charge in [0, 0.05) is 18.3 Å². The van der Waals surface area contributed by atoms with E-state index in [9.17, 15) is 18.0 Å². The number of amides is 1. The smallest absolute Gasteiger partial charge is 0.337 e. The van der Waals surface area contributed by atoms with E-state index in [4.69, 9.17) is 14.6 Å². The highest BCUT2D eigenvalue weighted by molar-refractivity contribution is 7.92. The Balaban J connectivity index is 1.55. The first-order valence-electron chi connectivity index (χ1n) is 10.8. The van der Waals surface area contributed by atoms with E-state index < -0.39 is 21.7 Å². The van der Waals surface area contributed by atoms with E-state index >= 15 is 0 Å². The number of nitrogens with one attached hydrogen (secondary N) is 1. The molecule has 1 fully saturated rings. The number of carboxylic acids is 1. The molecule has 0 saturated heterocycles. The van der Waals surface area contributed by atoms with Crippen LogP contribution >= 0.6 is 0 Å². The van der Waals surface area contributed by atoms with E-state index in [-0.39, 0.29) is 45.0 Å². The average molecular weight is 498 g/mol. The lowest BCUT2D eigenvalue weighted by atomic mass is 10.2. The summed E-state index contributed by atoms with van der Waals surface area (Å²) in [5.74, 6) is -0.929. The minimum atomic E-state index is -3.31. The SMILES string of the molecule is CC(C)Oc1cc(C(=O)Nc2ccc(C(=O)O)cn2)cc(Oc2ccc(S(=O)(=O)C3CC3)cc2)n1. The second kappa shape index (κ2) is 9.71. The van der Waals surface area contributed by atoms with Crippen LogP contribution in [0.4, 0.5) is 5.82 Å². The van der Waals surface area contributed by atoms with Gasteiger partial charge in [-0.05, 0) is 63.1 Å². The zero-order chi connectivity index (χ0) is 25.2. The summed E-state index contributed by atoms with van der Waals surface area (Å²) in [5, 5.41) is 11.3. The van der Waals surface area contributed by atoms with Gasteiger partial charge in [0.25, 0.3) is 5.91 Å². The summed E-state index contributed by atoms with van der Waals surface area (Å²) < 4.78 is 36.2. The number of pyridine rings is 2. The van der Waals surface area contributed by atoms with Gasteiger partial charge in [-0.2, -0.15) is 4.98 Å². The number of sulfone groups is 1. The van der Waals surface area contributed by atoms with Crippen molar-refractivity contribution in [3.63, 3.8) is 0 Å². The summed E-state index contributed by atoms with van der Waals surface area (Å²) in [6.45, 7) is 3.61. The molecule has 11 heteroatoms. The largest absolute Gasteiger partial charge is 0.478 e. The van der Waals surface area contributed by atoms with Crippen molar-refractivity contribution in [1.82, 2.24) is 9.97 Å². The van der Waals surface area contributed by atoms with Gasteiger partial charge in [-0.15, -0.1) is 0 Å². The number of carbonyl (C=O) groups excluding carboxylic acids is 1. The number of benzene rings is 1. The average Bonchev–Trinajstić information content (AvgIpc) is 3.65. The van der Waals surface area contributed by atoms with Crippen LogP contribution in [0.5, 0.6) is 17.5 Å². The molecule has 10 nitrogen and oxygen atoms in total. The Bertz CT molecular complexity index is 1350. The van der Waals surface area contributed by atoms with E-state index in [0.717, 1.165) is 6.20 Å². The number of ether oxygens (including phenoxy) is 2. The lowest BCUT2D eigenvalue weighted by molar-refractivity contribution is 0.0696. The van der Waals surface area contributed by atoms with Crippen molar-refractivity contribution >= 4 is 27.5 Å². The van der Waals surface area contributed by atoms with Gasteiger partial charge in [-0.3, -0.25) is 4.79 Å². The van der Waals surface area contributed by atoms with Gasteiger partial charge in [0.2, 0.25) is 11.8 Å². The van der Waals surface area contributed by atoms with Crippen molar-refractivity contribution in [2.24, 2.45) is 0 Å². The maximum atomic E-state index is 12.8. The maximum absolute atomic E-state index is 12.8. The number of hydrogen-bond donors (Lipinski definition) is 2. The normalized spacial score (nSPS) is 13.3. The number of carboxylic acid groups (broad SMARTS) is 1. The molecule has 0 bridgehead atoms. The van der Waals surface area contributed by atoms with Crippen molar-refractivity contribution in [2.45, 2.75) is 42.9 Å². The van der Waals surface area contributed by atoms with Crippen LogP contribution < -0.4 is 14.8 Å². The quantitative estimate of drug-likeness (QED) is 0.449. The Morgan fingerprint density at radius 1 is 1.03 bits per heavy atom. The minimum absolute atomic E-state index is 0.00818. The number of carbonyl (C=O) groups is 2. The number of aromatic nitrogens is 2. The van der Waals surface area contributed by atoms with Gasteiger partial charge in [0.15, 0.2) is 9.84 Å². The number of rotatable bonds is 9. The lowest BCUT2D eigenvalue weighted by Crippen LogP contribution is -2.15. The fourth-order valence-corrected chi connectivity index (χ4v) is 4.79. The summed E-state index contributed by atoms with van der Waals surface area (Å²) >= 11 is 0. The van der Waals surface area contributed by atoms with Crippen LogP contribution in [0.3, 0.4) is 0 Å². The van der Waals surface area contributed by atoms with E-state index in [1.54, 1.807) is 0 Å². The highest BCUT2D eigenvalue weighted by Crippen LogP contribution is 2.34. The Hall–Kier alpha value is -3.99. The van der Waals surface area contributed by atoms with Gasteiger partial charge in [0.05, 0.1) is 27.4 Å². The predicted molar refractivity (Wildman–Crippen MR) is 126 cm³/mol. The molecule has 35 heavy (non-hydrogen) atoms. The number of hydrogen-bond acceptors (Lipinski definition) is 8. The molecule has 1 aromatic carbocycles. The molecule has 1 aliphatic carbocycles. The first-order valence-corrected chi connectivity index (χ1v) is 12.4. The highest BCUT2D eigenvalue weighted by atomic mass is 32.2. The third-order valence-electron chi connectivity index (χ3n) is 4.99. The fraction of sp³-hybridized carbons (Fsp3) is 0.250. The van der Waals surface area contributed by atoms with Crippen LogP contribution in [0, 0.1) is 0 Å². The van der Waals surface area contributed by atoms with Crippen LogP contribution in [-0.2, 0) is 9.84 Å². The van der Waals surface area contributed by atoms with Crippen molar-refractivity contribution in [3.05, 3.63) is 65.9 Å². The molecule has 0 spiro atoms. The summed E-state index contributed by atoms with van der Waals surface area (Å²) in [4.78, 5) is 32.2. The number of anilines is 1. The molecule has 1 saturated carbocycles. The standard InChI is InChI=1S/C24H23N3O7S/c1-14(2)33-21-11-16(23(28)26-20-10-3-15(13-25-20)24(29)30)12-22(27-21)34-17-4-6-18(7-5-17)35(31,32)19-8-9-19/h3-7,10-14,19H,8-9H2,1-2H3,(H,29,30)(H,25,26,28). The summed E-state index contributed by atoms with van der Waals surface area (Å²) in [5.41, 5.74) is 0.161. The molecule has 4 rings (SSSR count). The Labute approximate surface area is 201 Å². The van der Waals surface area contributed by atoms with Gasteiger partial charge in [-0.1, -0.05) is 0 Å². The summed E-state index contributed by atoms with van der Waals surface area (Å²) in [6.07, 6.45) is 2.28. The highest BCUT2D eigenvalue weighted by Gasteiger charge is 2.36. The Morgan fingerprint density at radius 3 is 2.29 bits per heavy atom. The van der Waals surface area contributed by atoms with E-state index in [0.29, 0.717) is 18.6 Å². The molecule has 0 radical (unpaired) electrons. The van der Waals surface area contributed by atoms with Crippen molar-refractivity contribution < 1.29 is 32.6 Å². The van der Waals surface area contributed by atoms with Gasteiger partial charge >= 0.3 is 5.97 Å². The molecule has 1 aliphatic rings. The van der Waals surface area contributed by atoms with Crippen LogP contribution in [-0.4, -0.2) is 46.7 Å². The topological polar surface area (TPSA) is 145 Å². The number of nitrogens with zero attached hydrogens (tertiary/aromatic N) is 2. The molecule has 2 heterocycles. The molecule has 2 N–H and O–H groups in total. The maximum Gasteiger partial charge on any atom is 0.337 e. The molecule has 182 valence electrons. The zero-order valence-electron chi connectivity index (χ0n) is 19.0. The summed E-state index contributed by atoms with van der Waals surface area (Å²) in [7, 11) is -3.31. The Morgan fingerprint density at radius 2 is 1.71 bits per heavy atom.